The van der Waals surface area contributed by atoms with Gasteiger partial charge in [-0.05, 0) is 54.4 Å². The van der Waals surface area contributed by atoms with Gasteiger partial charge >= 0.3 is 0 Å². The molecule has 1 heterocycles. The van der Waals surface area contributed by atoms with Gasteiger partial charge < -0.3 is 9.47 Å². The topological polar surface area (TPSA) is 55.7 Å². The van der Waals surface area contributed by atoms with Gasteiger partial charge in [-0.25, -0.2) is 4.98 Å². The van der Waals surface area contributed by atoms with Crippen LogP contribution >= 0.6 is 34.5 Å². The van der Waals surface area contributed by atoms with Crippen LogP contribution in [0, 0.1) is 0 Å². The molecule has 0 bridgehead atoms. The Morgan fingerprint density at radius 2 is 1.87 bits per heavy atom. The van der Waals surface area contributed by atoms with E-state index in [9.17, 15) is 0 Å². The third-order valence-electron chi connectivity index (χ3n) is 4.30. The summed E-state index contributed by atoms with van der Waals surface area (Å²) in [5.41, 5.74) is 5.67. The van der Waals surface area contributed by atoms with Crippen molar-refractivity contribution in [2.24, 2.45) is 5.10 Å². The first-order chi connectivity index (χ1) is 15.1. The zero-order valence-electron chi connectivity index (χ0n) is 16.6. The van der Waals surface area contributed by atoms with Crippen LogP contribution in [0.1, 0.15) is 18.1 Å². The molecule has 0 saturated carbocycles. The molecule has 0 amide bonds. The number of benzene rings is 3. The minimum atomic E-state index is 0.351. The minimum Gasteiger partial charge on any atom is -0.490 e. The van der Waals surface area contributed by atoms with Gasteiger partial charge in [0.15, 0.2) is 11.5 Å². The Morgan fingerprint density at radius 3 is 2.65 bits per heavy atom. The van der Waals surface area contributed by atoms with E-state index in [0.717, 1.165) is 26.5 Å². The Hall–Kier alpha value is -2.80. The lowest BCUT2D eigenvalue weighted by atomic mass is 10.2. The molecule has 0 aliphatic carbocycles. The van der Waals surface area contributed by atoms with E-state index < -0.39 is 0 Å². The second-order valence-corrected chi connectivity index (χ2v) is 8.41. The van der Waals surface area contributed by atoms with Gasteiger partial charge in [0.2, 0.25) is 5.13 Å². The zero-order chi connectivity index (χ0) is 21.6. The first-order valence-corrected chi connectivity index (χ1v) is 11.2. The first kappa shape index (κ1) is 21.4. The number of para-hydroxylation sites is 1. The second kappa shape index (κ2) is 10.0. The fourth-order valence-electron chi connectivity index (χ4n) is 2.88. The molecular formula is C23H19Cl2N3O2S. The number of hydrogen-bond acceptors (Lipinski definition) is 6. The highest BCUT2D eigenvalue weighted by molar-refractivity contribution is 7.22. The van der Waals surface area contributed by atoms with E-state index in [2.05, 4.69) is 15.5 Å². The van der Waals surface area contributed by atoms with Gasteiger partial charge in [0.1, 0.15) is 6.61 Å². The largest absolute Gasteiger partial charge is 0.490 e. The van der Waals surface area contributed by atoms with Gasteiger partial charge in [0.25, 0.3) is 0 Å². The smallest absolute Gasteiger partial charge is 0.204 e. The highest BCUT2D eigenvalue weighted by Gasteiger charge is 2.13. The summed E-state index contributed by atoms with van der Waals surface area (Å²) in [6, 6.07) is 19.0. The van der Waals surface area contributed by atoms with E-state index in [4.69, 9.17) is 32.7 Å². The van der Waals surface area contributed by atoms with Crippen LogP contribution in [0.25, 0.3) is 10.2 Å². The molecule has 31 heavy (non-hydrogen) atoms. The molecule has 0 unspecified atom stereocenters. The molecule has 0 fully saturated rings. The molecular weight excluding hydrogens is 453 g/mol. The van der Waals surface area contributed by atoms with Gasteiger partial charge in [0, 0.05) is 5.02 Å². The first-order valence-electron chi connectivity index (χ1n) is 9.60. The van der Waals surface area contributed by atoms with Crippen LogP contribution in [-0.4, -0.2) is 17.8 Å². The summed E-state index contributed by atoms with van der Waals surface area (Å²) in [6.07, 6.45) is 1.67. The van der Waals surface area contributed by atoms with Crippen LogP contribution in [0.15, 0.2) is 65.8 Å². The molecule has 0 atom stereocenters. The van der Waals surface area contributed by atoms with Crippen LogP contribution in [-0.2, 0) is 6.61 Å². The third-order valence-corrected chi connectivity index (χ3v) is 5.77. The zero-order valence-corrected chi connectivity index (χ0v) is 19.0. The van der Waals surface area contributed by atoms with Crippen LogP contribution in [0.2, 0.25) is 10.0 Å². The van der Waals surface area contributed by atoms with E-state index >= 15 is 0 Å². The summed E-state index contributed by atoms with van der Waals surface area (Å²) in [4.78, 5) is 4.50. The maximum Gasteiger partial charge on any atom is 0.204 e. The fourth-order valence-corrected chi connectivity index (χ4v) is 4.10. The summed E-state index contributed by atoms with van der Waals surface area (Å²) in [6.45, 7) is 2.74. The van der Waals surface area contributed by atoms with Crippen LogP contribution in [0.5, 0.6) is 11.5 Å². The number of nitrogens with one attached hydrogen (secondary N) is 1. The molecule has 0 radical (unpaired) electrons. The summed E-state index contributed by atoms with van der Waals surface area (Å²) in [5.74, 6) is 1.06. The minimum absolute atomic E-state index is 0.351. The Labute approximate surface area is 194 Å². The molecule has 0 saturated heterocycles. The van der Waals surface area contributed by atoms with Crippen molar-refractivity contribution in [2.75, 3.05) is 12.0 Å². The fraction of sp³-hybridized carbons (Fsp3) is 0.130. The number of aromatic nitrogens is 1. The van der Waals surface area contributed by atoms with E-state index in [-0.39, 0.29) is 0 Å². The summed E-state index contributed by atoms with van der Waals surface area (Å²) < 4.78 is 12.8. The Balaban J connectivity index is 1.48. The number of hydrogen-bond donors (Lipinski definition) is 1. The Kier molecular flexibility index (Phi) is 6.92. The number of nitrogens with zero attached hydrogens (tertiary/aromatic N) is 2. The van der Waals surface area contributed by atoms with Gasteiger partial charge in [-0.1, -0.05) is 58.8 Å². The predicted molar refractivity (Wildman–Crippen MR) is 129 cm³/mol. The average molecular weight is 472 g/mol. The molecule has 158 valence electrons. The standard InChI is InChI=1S/C23H19Cl2N3O2S/c1-2-29-20-12-16(13-26-28-23-27-19-5-3-4-6-21(19)31-23)11-18(25)22(20)30-14-15-7-9-17(24)10-8-15/h3-13H,2,14H2,1H3,(H,27,28)/b26-13-. The third kappa shape index (κ3) is 5.47. The van der Waals surface area contributed by atoms with Gasteiger partial charge in [0.05, 0.1) is 28.1 Å². The number of thiazole rings is 1. The average Bonchev–Trinajstić information content (AvgIpc) is 3.17. The van der Waals surface area contributed by atoms with Crippen molar-refractivity contribution in [1.82, 2.24) is 4.98 Å². The highest BCUT2D eigenvalue weighted by atomic mass is 35.5. The Bertz CT molecular complexity index is 1180. The van der Waals surface area contributed by atoms with Crippen molar-refractivity contribution in [3.63, 3.8) is 0 Å². The second-order valence-electron chi connectivity index (χ2n) is 6.53. The molecule has 0 aliphatic heterocycles. The van der Waals surface area contributed by atoms with Crippen molar-refractivity contribution in [1.29, 1.82) is 0 Å². The lowest BCUT2D eigenvalue weighted by Crippen LogP contribution is -2.01. The predicted octanol–water partition coefficient (Wildman–Crippen LogP) is 7.03. The Morgan fingerprint density at radius 1 is 1.06 bits per heavy atom. The van der Waals surface area contributed by atoms with Gasteiger partial charge in [-0.2, -0.15) is 5.10 Å². The summed E-state index contributed by atoms with van der Waals surface area (Å²) in [5, 5.41) is 6.13. The SMILES string of the molecule is CCOc1cc(/C=N\Nc2nc3ccccc3s2)cc(Cl)c1OCc1ccc(Cl)cc1. The summed E-state index contributed by atoms with van der Waals surface area (Å²) >= 11 is 14.0. The van der Waals surface area contributed by atoms with E-state index in [1.807, 2.05) is 61.5 Å². The van der Waals surface area contributed by atoms with E-state index in [0.29, 0.717) is 34.8 Å². The normalized spacial score (nSPS) is 11.2. The monoisotopic (exact) mass is 471 g/mol. The molecule has 0 aliphatic rings. The van der Waals surface area contributed by atoms with E-state index in [1.54, 1.807) is 12.3 Å². The highest BCUT2D eigenvalue weighted by Crippen LogP contribution is 2.37. The van der Waals surface area contributed by atoms with E-state index in [1.165, 1.54) is 11.3 Å². The number of rotatable bonds is 8. The molecule has 5 nitrogen and oxygen atoms in total. The number of ether oxygens (including phenoxy) is 2. The molecule has 1 aromatic heterocycles. The lowest BCUT2D eigenvalue weighted by molar-refractivity contribution is 0.269. The molecule has 0 spiro atoms. The molecule has 4 aromatic rings. The van der Waals surface area contributed by atoms with Crippen LogP contribution in [0.4, 0.5) is 5.13 Å². The molecule has 8 heteroatoms. The quantitative estimate of drug-likeness (QED) is 0.221. The summed E-state index contributed by atoms with van der Waals surface area (Å²) in [7, 11) is 0. The van der Waals surface area contributed by atoms with Crippen molar-refractivity contribution in [3.05, 3.63) is 81.8 Å². The van der Waals surface area contributed by atoms with Crippen molar-refractivity contribution < 1.29 is 9.47 Å². The van der Waals surface area contributed by atoms with Gasteiger partial charge in [-0.15, -0.1) is 0 Å². The lowest BCUT2D eigenvalue weighted by Gasteiger charge is -2.14. The number of hydrazone groups is 1. The molecule has 1 N–H and O–H groups in total. The number of halogens is 2. The van der Waals surface area contributed by atoms with Crippen LogP contribution < -0.4 is 14.9 Å². The maximum atomic E-state index is 6.49. The number of fused-ring (bicyclic) bond motifs is 1. The van der Waals surface area contributed by atoms with Crippen LogP contribution in [0.3, 0.4) is 0 Å². The maximum absolute atomic E-state index is 6.49. The molecule has 4 rings (SSSR count). The van der Waals surface area contributed by atoms with Crippen molar-refractivity contribution >= 4 is 56.1 Å². The van der Waals surface area contributed by atoms with Crippen molar-refractivity contribution in [3.8, 4) is 11.5 Å². The number of anilines is 1. The van der Waals surface area contributed by atoms with Crippen molar-refractivity contribution in [2.45, 2.75) is 13.5 Å². The van der Waals surface area contributed by atoms with Gasteiger partial charge in [-0.3, -0.25) is 5.43 Å². The molecule has 3 aromatic carbocycles.